The van der Waals surface area contributed by atoms with E-state index < -0.39 is 11.6 Å². The quantitative estimate of drug-likeness (QED) is 0.865. The highest BCUT2D eigenvalue weighted by atomic mass is 32.2. The summed E-state index contributed by atoms with van der Waals surface area (Å²) in [5, 5.41) is 0. The van der Waals surface area contributed by atoms with Crippen molar-refractivity contribution in [2.75, 3.05) is 11.8 Å². The summed E-state index contributed by atoms with van der Waals surface area (Å²) in [5.74, 6) is -0.810. The van der Waals surface area contributed by atoms with Crippen LogP contribution >= 0.6 is 11.9 Å². The second-order valence-corrected chi connectivity index (χ2v) is 4.06. The Bertz CT molecular complexity index is 539. The maximum atomic E-state index is 13.6. The van der Waals surface area contributed by atoms with Crippen molar-refractivity contribution in [2.24, 2.45) is 0 Å². The molecule has 1 aromatic heterocycles. The molecule has 0 aliphatic rings. The number of rotatable bonds is 4. The molecule has 1 heterocycles. The zero-order chi connectivity index (χ0) is 13.0. The molecule has 0 fully saturated rings. The second-order valence-electron chi connectivity index (χ2n) is 3.22. The first-order valence-corrected chi connectivity index (χ1v) is 5.74. The molecule has 0 spiro atoms. The average Bonchev–Trinajstić information content (AvgIpc) is 2.40. The highest BCUT2D eigenvalue weighted by molar-refractivity contribution is 8.00. The van der Waals surface area contributed by atoms with Crippen LogP contribution in [0.25, 0.3) is 0 Å². The van der Waals surface area contributed by atoms with Crippen LogP contribution in [0.3, 0.4) is 0 Å². The Hall–Kier alpha value is -1.89. The molecule has 0 bridgehead atoms. The summed E-state index contributed by atoms with van der Waals surface area (Å²) < 4.78 is 34.4. The van der Waals surface area contributed by atoms with E-state index in [1.54, 1.807) is 12.3 Å². The lowest BCUT2D eigenvalue weighted by atomic mass is 10.3. The van der Waals surface area contributed by atoms with Gasteiger partial charge in [0.05, 0.1) is 12.0 Å². The number of nitrogens with one attached hydrogen (secondary N) is 1. The van der Waals surface area contributed by atoms with Crippen molar-refractivity contribution >= 4 is 17.8 Å². The van der Waals surface area contributed by atoms with Crippen molar-refractivity contribution in [3.05, 3.63) is 42.4 Å². The number of ether oxygens (including phenoxy) is 1. The van der Waals surface area contributed by atoms with Gasteiger partial charge < -0.3 is 9.46 Å². The second kappa shape index (κ2) is 5.63. The van der Waals surface area contributed by atoms with Gasteiger partial charge in [0.1, 0.15) is 18.0 Å². The molecule has 94 valence electrons. The highest BCUT2D eigenvalue weighted by Crippen LogP contribution is 2.28. The number of aromatic nitrogens is 2. The first-order chi connectivity index (χ1) is 8.70. The monoisotopic (exact) mass is 269 g/mol. The Kier molecular flexibility index (Phi) is 3.93. The molecule has 18 heavy (non-hydrogen) atoms. The molecule has 4 nitrogen and oxygen atoms in total. The van der Waals surface area contributed by atoms with Crippen molar-refractivity contribution in [2.45, 2.75) is 4.90 Å². The third-order valence-corrected chi connectivity index (χ3v) is 2.90. The fraction of sp³-hybridized carbons (Fsp3) is 0.0909. The Balaban J connectivity index is 2.13. The lowest BCUT2D eigenvalue weighted by Gasteiger charge is -2.07. The lowest BCUT2D eigenvalue weighted by molar-refractivity contribution is 0.380. The zero-order valence-electron chi connectivity index (χ0n) is 9.35. The third kappa shape index (κ3) is 2.86. The maximum Gasteiger partial charge on any atom is 0.166 e. The van der Waals surface area contributed by atoms with Gasteiger partial charge in [-0.05, 0) is 24.1 Å². The van der Waals surface area contributed by atoms with E-state index >= 15 is 0 Å². The van der Waals surface area contributed by atoms with E-state index in [9.17, 15) is 8.78 Å². The summed E-state index contributed by atoms with van der Waals surface area (Å²) in [5.41, 5.74) is 0. The van der Waals surface area contributed by atoms with Gasteiger partial charge in [-0.2, -0.15) is 0 Å². The minimum atomic E-state index is -0.620. The molecule has 0 saturated heterocycles. The van der Waals surface area contributed by atoms with E-state index in [0.717, 1.165) is 24.1 Å². The summed E-state index contributed by atoms with van der Waals surface area (Å²) in [6.07, 6.45) is 2.90. The summed E-state index contributed by atoms with van der Waals surface area (Å²) in [6, 6.07) is 3.68. The van der Waals surface area contributed by atoms with Crippen LogP contribution in [-0.4, -0.2) is 17.1 Å². The smallest absolute Gasteiger partial charge is 0.166 e. The molecule has 0 radical (unpaired) electrons. The first-order valence-electron chi connectivity index (χ1n) is 4.92. The molecule has 2 rings (SSSR count). The number of hydrogen-bond acceptors (Lipinski definition) is 5. The van der Waals surface area contributed by atoms with E-state index in [0.29, 0.717) is 5.82 Å². The van der Waals surface area contributed by atoms with Crippen LogP contribution < -0.4 is 9.46 Å². The minimum absolute atomic E-state index is 0.118. The summed E-state index contributed by atoms with van der Waals surface area (Å²) in [6.45, 7) is 0. The SMILES string of the molecule is COc1cc(F)c(SNc2ccncn2)cc1F. The van der Waals surface area contributed by atoms with Gasteiger partial charge in [-0.15, -0.1) is 0 Å². The fourth-order valence-electron chi connectivity index (χ4n) is 1.20. The highest BCUT2D eigenvalue weighted by Gasteiger charge is 2.11. The zero-order valence-corrected chi connectivity index (χ0v) is 10.2. The van der Waals surface area contributed by atoms with Crippen LogP contribution in [0.4, 0.5) is 14.6 Å². The molecule has 0 saturated carbocycles. The predicted octanol–water partition coefficient (Wildman–Crippen LogP) is 2.88. The number of benzene rings is 1. The van der Waals surface area contributed by atoms with Crippen LogP contribution in [0.1, 0.15) is 0 Å². The van der Waals surface area contributed by atoms with E-state index in [-0.39, 0.29) is 10.6 Å². The topological polar surface area (TPSA) is 47.0 Å². The van der Waals surface area contributed by atoms with E-state index in [2.05, 4.69) is 19.4 Å². The first kappa shape index (κ1) is 12.6. The molecule has 0 aliphatic heterocycles. The molecule has 0 amide bonds. The molecule has 2 aromatic rings. The third-order valence-electron chi connectivity index (χ3n) is 2.05. The molecule has 0 aliphatic carbocycles. The van der Waals surface area contributed by atoms with Gasteiger partial charge in [0.2, 0.25) is 0 Å². The van der Waals surface area contributed by atoms with E-state index in [1.807, 2.05) is 0 Å². The van der Waals surface area contributed by atoms with Crippen molar-refractivity contribution < 1.29 is 13.5 Å². The normalized spacial score (nSPS) is 10.2. The standard InChI is InChI=1S/C11H9F2N3OS/c1-17-9-4-8(13)10(5-7(9)12)18-16-11-2-3-14-6-15-11/h2-6H,1H3,(H,14,15,16). The Labute approximate surface area is 107 Å². The minimum Gasteiger partial charge on any atom is -0.494 e. The van der Waals surface area contributed by atoms with Gasteiger partial charge >= 0.3 is 0 Å². The summed E-state index contributed by atoms with van der Waals surface area (Å²) in [4.78, 5) is 7.76. The summed E-state index contributed by atoms with van der Waals surface area (Å²) >= 11 is 0.923. The largest absolute Gasteiger partial charge is 0.494 e. The number of hydrogen-bond donors (Lipinski definition) is 1. The number of methoxy groups -OCH3 is 1. The van der Waals surface area contributed by atoms with Gasteiger partial charge in [0.15, 0.2) is 11.6 Å². The average molecular weight is 269 g/mol. The molecular formula is C11H9F2N3OS. The Morgan fingerprint density at radius 3 is 2.78 bits per heavy atom. The maximum absolute atomic E-state index is 13.6. The molecule has 1 N–H and O–H groups in total. The van der Waals surface area contributed by atoms with Crippen LogP contribution in [0, 0.1) is 11.6 Å². The number of nitrogens with zero attached hydrogens (tertiary/aromatic N) is 2. The Morgan fingerprint density at radius 1 is 1.28 bits per heavy atom. The van der Waals surface area contributed by atoms with Gasteiger partial charge in [-0.3, -0.25) is 0 Å². The van der Waals surface area contributed by atoms with Crippen LogP contribution in [-0.2, 0) is 0 Å². The molecule has 0 atom stereocenters. The van der Waals surface area contributed by atoms with Crippen molar-refractivity contribution in [3.8, 4) is 5.75 Å². The summed E-state index contributed by atoms with van der Waals surface area (Å²) in [7, 11) is 1.28. The van der Waals surface area contributed by atoms with Gasteiger partial charge in [0, 0.05) is 12.3 Å². The molecular weight excluding hydrogens is 260 g/mol. The molecule has 0 unspecified atom stereocenters. The van der Waals surface area contributed by atoms with E-state index in [4.69, 9.17) is 0 Å². The molecule has 1 aromatic carbocycles. The van der Waals surface area contributed by atoms with Crippen molar-refractivity contribution in [3.63, 3.8) is 0 Å². The molecule has 7 heteroatoms. The Morgan fingerprint density at radius 2 is 2.11 bits per heavy atom. The van der Waals surface area contributed by atoms with Gasteiger partial charge in [-0.25, -0.2) is 18.7 Å². The van der Waals surface area contributed by atoms with Crippen LogP contribution in [0.15, 0.2) is 35.6 Å². The van der Waals surface area contributed by atoms with Crippen molar-refractivity contribution in [1.29, 1.82) is 0 Å². The fourth-order valence-corrected chi connectivity index (χ4v) is 1.86. The van der Waals surface area contributed by atoms with Crippen LogP contribution in [0.2, 0.25) is 0 Å². The number of halogens is 2. The lowest BCUT2D eigenvalue weighted by Crippen LogP contribution is -1.95. The van der Waals surface area contributed by atoms with Crippen LogP contribution in [0.5, 0.6) is 5.75 Å². The van der Waals surface area contributed by atoms with Gasteiger partial charge in [0.25, 0.3) is 0 Å². The van der Waals surface area contributed by atoms with E-state index in [1.165, 1.54) is 13.4 Å². The van der Waals surface area contributed by atoms with Crippen molar-refractivity contribution in [1.82, 2.24) is 9.97 Å². The van der Waals surface area contributed by atoms with Gasteiger partial charge in [-0.1, -0.05) is 0 Å². The number of anilines is 1. The predicted molar refractivity (Wildman–Crippen MR) is 64.4 cm³/mol.